The summed E-state index contributed by atoms with van der Waals surface area (Å²) < 4.78 is 40.1. The van der Waals surface area contributed by atoms with E-state index in [1.54, 1.807) is 19.2 Å². The zero-order valence-electron chi connectivity index (χ0n) is 17.3. The molecule has 0 spiro atoms. The van der Waals surface area contributed by atoms with Crippen molar-refractivity contribution < 1.29 is 23.0 Å². The molecule has 0 atom stereocenters. The van der Waals surface area contributed by atoms with Gasteiger partial charge in [0.2, 0.25) is 0 Å². The molecule has 1 aliphatic rings. The molecule has 0 bridgehead atoms. The summed E-state index contributed by atoms with van der Waals surface area (Å²) >= 11 is 0. The molecule has 1 aliphatic heterocycles. The Kier molecular flexibility index (Phi) is 12.2. The van der Waals surface area contributed by atoms with Gasteiger partial charge in [-0.15, -0.1) is 24.0 Å². The average Bonchev–Trinajstić information content (AvgIpc) is 2.70. The summed E-state index contributed by atoms with van der Waals surface area (Å²) in [5.74, 6) is 1.88. The van der Waals surface area contributed by atoms with E-state index in [9.17, 15) is 8.78 Å². The van der Waals surface area contributed by atoms with Crippen LogP contribution in [0.1, 0.15) is 24.8 Å². The molecule has 6 nitrogen and oxygen atoms in total. The maximum Gasteiger partial charge on any atom is 0.387 e. The molecule has 1 saturated heterocycles. The fourth-order valence-electron chi connectivity index (χ4n) is 3.29. The maximum atomic E-state index is 12.5. The number of rotatable bonds is 9. The number of ether oxygens (including phenoxy) is 3. The van der Waals surface area contributed by atoms with Gasteiger partial charge in [-0.3, -0.25) is 4.99 Å². The number of hydrogen-bond acceptors (Lipinski definition) is 4. The van der Waals surface area contributed by atoms with Gasteiger partial charge in [0.1, 0.15) is 0 Å². The van der Waals surface area contributed by atoms with Crippen molar-refractivity contribution in [1.82, 2.24) is 10.2 Å². The largest absolute Gasteiger partial charge is 0.493 e. The smallest absolute Gasteiger partial charge is 0.387 e. The lowest BCUT2D eigenvalue weighted by molar-refractivity contribution is -0.0512. The molecule has 1 aromatic rings. The molecular formula is C20H32F2IN3O3. The fourth-order valence-corrected chi connectivity index (χ4v) is 3.29. The predicted octanol–water partition coefficient (Wildman–Crippen LogP) is 3.78. The SMILES string of the molecule is CN=C(NCCc1ccc(OC)c(OC(F)F)c1)N(C)CCC1CCOCC1.I. The topological polar surface area (TPSA) is 55.3 Å². The molecule has 0 aromatic heterocycles. The van der Waals surface area contributed by atoms with Crippen LogP contribution in [0, 0.1) is 5.92 Å². The molecule has 1 aromatic carbocycles. The first-order valence-corrected chi connectivity index (χ1v) is 9.64. The van der Waals surface area contributed by atoms with Crippen LogP contribution in [0.3, 0.4) is 0 Å². The van der Waals surface area contributed by atoms with Crippen molar-refractivity contribution >= 4 is 29.9 Å². The van der Waals surface area contributed by atoms with E-state index in [0.717, 1.165) is 50.5 Å². The Bertz CT molecular complexity index is 629. The Balaban J connectivity index is 0.00000420. The predicted molar refractivity (Wildman–Crippen MR) is 121 cm³/mol. The highest BCUT2D eigenvalue weighted by Crippen LogP contribution is 2.29. The molecule has 1 fully saturated rings. The minimum Gasteiger partial charge on any atom is -0.493 e. The Hall–Kier alpha value is -1.36. The summed E-state index contributed by atoms with van der Waals surface area (Å²) in [6, 6.07) is 5.07. The van der Waals surface area contributed by atoms with E-state index in [1.165, 1.54) is 7.11 Å². The van der Waals surface area contributed by atoms with Crippen molar-refractivity contribution in [3.63, 3.8) is 0 Å². The molecule has 1 N–H and O–H groups in total. The normalized spacial score (nSPS) is 15.0. The second-order valence-corrected chi connectivity index (χ2v) is 6.85. The van der Waals surface area contributed by atoms with Crippen molar-refractivity contribution in [2.75, 3.05) is 47.5 Å². The molecule has 9 heteroatoms. The maximum absolute atomic E-state index is 12.5. The molecule has 2 rings (SSSR count). The minimum atomic E-state index is -2.88. The molecule has 0 aliphatic carbocycles. The van der Waals surface area contributed by atoms with Crippen LogP contribution in [0.25, 0.3) is 0 Å². The summed E-state index contributed by atoms with van der Waals surface area (Å²) in [6.45, 7) is 0.403. The first-order valence-electron chi connectivity index (χ1n) is 9.64. The van der Waals surface area contributed by atoms with E-state index >= 15 is 0 Å². The van der Waals surface area contributed by atoms with Crippen LogP contribution < -0.4 is 14.8 Å². The van der Waals surface area contributed by atoms with Crippen molar-refractivity contribution in [1.29, 1.82) is 0 Å². The molecular weight excluding hydrogens is 495 g/mol. The van der Waals surface area contributed by atoms with Crippen molar-refractivity contribution in [2.24, 2.45) is 10.9 Å². The van der Waals surface area contributed by atoms with Gasteiger partial charge in [-0.2, -0.15) is 8.78 Å². The van der Waals surface area contributed by atoms with Crippen molar-refractivity contribution in [3.8, 4) is 11.5 Å². The molecule has 1 heterocycles. The van der Waals surface area contributed by atoms with Crippen LogP contribution in [-0.2, 0) is 11.2 Å². The van der Waals surface area contributed by atoms with E-state index in [4.69, 9.17) is 9.47 Å². The lowest BCUT2D eigenvalue weighted by atomic mass is 9.96. The highest BCUT2D eigenvalue weighted by molar-refractivity contribution is 14.0. The lowest BCUT2D eigenvalue weighted by Crippen LogP contribution is -2.40. The fraction of sp³-hybridized carbons (Fsp3) is 0.650. The number of halogens is 3. The van der Waals surface area contributed by atoms with Crippen LogP contribution in [0.4, 0.5) is 8.78 Å². The van der Waals surface area contributed by atoms with E-state index < -0.39 is 6.61 Å². The number of benzene rings is 1. The van der Waals surface area contributed by atoms with Crippen molar-refractivity contribution in [2.45, 2.75) is 32.3 Å². The summed E-state index contributed by atoms with van der Waals surface area (Å²) in [5, 5.41) is 3.33. The van der Waals surface area contributed by atoms with Crippen LogP contribution in [0.2, 0.25) is 0 Å². The second-order valence-electron chi connectivity index (χ2n) is 6.85. The number of alkyl halides is 2. The number of nitrogens with zero attached hydrogens (tertiary/aromatic N) is 2. The molecule has 166 valence electrons. The van der Waals surface area contributed by atoms with E-state index in [-0.39, 0.29) is 29.7 Å². The first-order chi connectivity index (χ1) is 13.5. The zero-order valence-corrected chi connectivity index (χ0v) is 19.7. The second kappa shape index (κ2) is 13.8. The average molecular weight is 527 g/mol. The molecule has 0 amide bonds. The van der Waals surface area contributed by atoms with Crippen LogP contribution in [0.5, 0.6) is 11.5 Å². The minimum absolute atomic E-state index is 0. The highest BCUT2D eigenvalue weighted by Gasteiger charge is 2.15. The number of guanidine groups is 1. The first kappa shape index (κ1) is 25.7. The lowest BCUT2D eigenvalue weighted by Gasteiger charge is -2.26. The van der Waals surface area contributed by atoms with Crippen LogP contribution in [0.15, 0.2) is 23.2 Å². The standard InChI is InChI=1S/C20H31F2N3O3.HI/c1-23-20(25(2)11-7-15-8-12-27-13-9-15)24-10-6-16-4-5-17(26-3)18(14-16)28-19(21)22;/h4-5,14-15,19H,6-13H2,1-3H3,(H,23,24);1H. The van der Waals surface area contributed by atoms with Gasteiger partial charge < -0.3 is 24.4 Å². The summed E-state index contributed by atoms with van der Waals surface area (Å²) in [7, 11) is 5.21. The third-order valence-electron chi connectivity index (χ3n) is 4.93. The number of methoxy groups -OCH3 is 1. The number of aliphatic imine (C=N–C) groups is 1. The Morgan fingerprint density at radius 1 is 1.31 bits per heavy atom. The molecule has 0 saturated carbocycles. The third-order valence-corrected chi connectivity index (χ3v) is 4.93. The van der Waals surface area contributed by atoms with E-state index in [0.29, 0.717) is 24.6 Å². The van der Waals surface area contributed by atoms with Crippen LogP contribution >= 0.6 is 24.0 Å². The monoisotopic (exact) mass is 527 g/mol. The Morgan fingerprint density at radius 3 is 2.66 bits per heavy atom. The zero-order chi connectivity index (χ0) is 20.4. The quantitative estimate of drug-likeness (QED) is 0.301. The van der Waals surface area contributed by atoms with Crippen molar-refractivity contribution in [3.05, 3.63) is 23.8 Å². The third kappa shape index (κ3) is 8.90. The number of nitrogens with one attached hydrogen (secondary N) is 1. The van der Waals surface area contributed by atoms with Gasteiger partial charge in [0.15, 0.2) is 17.5 Å². The van der Waals surface area contributed by atoms with Gasteiger partial charge in [-0.05, 0) is 49.3 Å². The highest BCUT2D eigenvalue weighted by atomic mass is 127. The summed E-state index contributed by atoms with van der Waals surface area (Å²) in [5.41, 5.74) is 0.879. The molecule has 29 heavy (non-hydrogen) atoms. The van der Waals surface area contributed by atoms with E-state index in [1.807, 2.05) is 13.1 Å². The Labute approximate surface area is 189 Å². The molecule has 0 unspecified atom stereocenters. The van der Waals surface area contributed by atoms with Gasteiger partial charge in [-0.25, -0.2) is 0 Å². The van der Waals surface area contributed by atoms with Gasteiger partial charge in [0, 0.05) is 40.4 Å². The van der Waals surface area contributed by atoms with Gasteiger partial charge >= 0.3 is 6.61 Å². The van der Waals surface area contributed by atoms with E-state index in [2.05, 4.69) is 19.9 Å². The van der Waals surface area contributed by atoms with Gasteiger partial charge in [-0.1, -0.05) is 6.07 Å². The van der Waals surface area contributed by atoms with Gasteiger partial charge in [0.05, 0.1) is 7.11 Å². The summed E-state index contributed by atoms with van der Waals surface area (Å²) in [6.07, 6.45) is 4.02. The van der Waals surface area contributed by atoms with Gasteiger partial charge in [0.25, 0.3) is 0 Å². The van der Waals surface area contributed by atoms with Crippen LogP contribution in [-0.4, -0.2) is 65.0 Å². The number of hydrogen-bond donors (Lipinski definition) is 1. The Morgan fingerprint density at radius 2 is 2.03 bits per heavy atom. The summed E-state index contributed by atoms with van der Waals surface area (Å²) in [4.78, 5) is 6.45. The molecule has 0 radical (unpaired) electrons.